The molecule has 1 aliphatic rings. The van der Waals surface area contributed by atoms with Crippen LogP contribution in [0.5, 0.6) is 0 Å². The molecule has 4 rings (SSSR count). The van der Waals surface area contributed by atoms with Crippen LogP contribution in [0.25, 0.3) is 0 Å². The Morgan fingerprint density at radius 3 is 2.71 bits per heavy atom. The number of methoxy groups -OCH3 is 1. The maximum Gasteiger partial charge on any atom is 0.254 e. The predicted octanol–water partition coefficient (Wildman–Crippen LogP) is 5.38. The summed E-state index contributed by atoms with van der Waals surface area (Å²) in [5.41, 5.74) is 3.12. The van der Waals surface area contributed by atoms with Crippen molar-refractivity contribution in [3.05, 3.63) is 86.0 Å². The largest absolute Gasteiger partial charge is 0.383 e. The van der Waals surface area contributed by atoms with Gasteiger partial charge in [-0.3, -0.25) is 9.59 Å². The number of ether oxygens (including phenoxy) is 1. The molecule has 1 aromatic heterocycles. The Bertz CT molecular complexity index is 1100. The summed E-state index contributed by atoms with van der Waals surface area (Å²) in [6, 6.07) is 16.7. The summed E-state index contributed by atoms with van der Waals surface area (Å²) in [5.74, 6) is -0.769. The maximum atomic E-state index is 13.7. The van der Waals surface area contributed by atoms with Crippen molar-refractivity contribution < 1.29 is 14.3 Å². The monoisotopic (exact) mass is 498 g/mol. The van der Waals surface area contributed by atoms with Gasteiger partial charge in [-0.05, 0) is 63.6 Å². The zero-order valence-electron chi connectivity index (χ0n) is 17.3. The molecule has 0 saturated carbocycles. The number of hydrogen-bond donors (Lipinski definition) is 1. The van der Waals surface area contributed by atoms with Gasteiger partial charge in [0.15, 0.2) is 0 Å². The lowest BCUT2D eigenvalue weighted by Crippen LogP contribution is -2.47. The van der Waals surface area contributed by atoms with E-state index in [2.05, 4.69) is 21.2 Å². The highest BCUT2D eigenvalue weighted by molar-refractivity contribution is 9.10. The number of benzene rings is 2. The van der Waals surface area contributed by atoms with Crippen LogP contribution in [0.15, 0.2) is 64.5 Å². The van der Waals surface area contributed by atoms with Crippen LogP contribution in [0, 0.1) is 6.92 Å². The zero-order chi connectivity index (χ0) is 22.0. The molecular weight excluding hydrogens is 476 g/mol. The van der Waals surface area contributed by atoms with E-state index < -0.39 is 12.0 Å². The van der Waals surface area contributed by atoms with Gasteiger partial charge in [0, 0.05) is 28.6 Å². The van der Waals surface area contributed by atoms with Gasteiger partial charge in [-0.2, -0.15) is 0 Å². The van der Waals surface area contributed by atoms with Crippen molar-refractivity contribution in [1.82, 2.24) is 4.90 Å². The number of amides is 2. The summed E-state index contributed by atoms with van der Waals surface area (Å²) in [5, 5.41) is 5.05. The molecule has 31 heavy (non-hydrogen) atoms. The summed E-state index contributed by atoms with van der Waals surface area (Å²) in [4.78, 5) is 29.8. The number of nitrogens with one attached hydrogen (secondary N) is 1. The third kappa shape index (κ3) is 4.31. The van der Waals surface area contributed by atoms with E-state index in [0.717, 1.165) is 20.5 Å². The van der Waals surface area contributed by atoms with E-state index in [1.165, 1.54) is 0 Å². The number of nitrogens with zero attached hydrogens (tertiary/aromatic N) is 1. The Kier molecular flexibility index (Phi) is 6.55. The summed E-state index contributed by atoms with van der Waals surface area (Å²) in [7, 11) is 1.61. The van der Waals surface area contributed by atoms with E-state index in [0.29, 0.717) is 24.4 Å². The molecule has 0 fully saturated rings. The number of rotatable bonds is 6. The van der Waals surface area contributed by atoms with E-state index in [1.54, 1.807) is 29.4 Å². The fourth-order valence-corrected chi connectivity index (χ4v) is 5.48. The van der Waals surface area contributed by atoms with Gasteiger partial charge in [-0.25, -0.2) is 0 Å². The van der Waals surface area contributed by atoms with Crippen LogP contribution in [0.4, 0.5) is 5.69 Å². The molecule has 0 aliphatic carbocycles. The maximum absolute atomic E-state index is 13.7. The summed E-state index contributed by atoms with van der Waals surface area (Å²) in [6.45, 7) is 2.80. The first-order valence-electron chi connectivity index (χ1n) is 10.0. The first kappa shape index (κ1) is 21.7. The fraction of sp³-hybridized carbons (Fsp3) is 0.250. The van der Waals surface area contributed by atoms with Crippen LogP contribution >= 0.6 is 27.3 Å². The number of thiophene rings is 1. The number of carbonyl (C=O) groups excluding carboxylic acids is 2. The van der Waals surface area contributed by atoms with Crippen molar-refractivity contribution >= 4 is 44.8 Å². The standard InChI is InChI=1S/C24H23BrN2O3S/c1-15-9-10-19(18(25)14-15)26-23(28)21-16-6-3-4-7-17(16)24(29)27(11-12-30-2)22(21)20-8-5-13-31-20/h3-10,13-14,21-22H,11-12H2,1-2H3,(H,26,28). The van der Waals surface area contributed by atoms with Crippen molar-refractivity contribution in [3.8, 4) is 0 Å². The minimum absolute atomic E-state index is 0.0772. The molecule has 5 nitrogen and oxygen atoms in total. The number of fused-ring (bicyclic) bond motifs is 1. The van der Waals surface area contributed by atoms with Gasteiger partial charge in [0.2, 0.25) is 5.91 Å². The molecule has 2 amide bonds. The summed E-state index contributed by atoms with van der Waals surface area (Å²) < 4.78 is 6.09. The predicted molar refractivity (Wildman–Crippen MR) is 127 cm³/mol. The Morgan fingerprint density at radius 2 is 2.00 bits per heavy atom. The minimum Gasteiger partial charge on any atom is -0.383 e. The Balaban J connectivity index is 1.80. The van der Waals surface area contributed by atoms with Crippen LogP contribution in [0.3, 0.4) is 0 Å². The second kappa shape index (κ2) is 9.34. The van der Waals surface area contributed by atoms with Gasteiger partial charge in [0.25, 0.3) is 5.91 Å². The second-order valence-electron chi connectivity index (χ2n) is 7.49. The van der Waals surface area contributed by atoms with Crippen LogP contribution in [-0.4, -0.2) is 37.0 Å². The van der Waals surface area contributed by atoms with Crippen LogP contribution in [0.1, 0.15) is 38.3 Å². The van der Waals surface area contributed by atoms with Gasteiger partial charge in [-0.15, -0.1) is 11.3 Å². The number of carbonyl (C=O) groups is 2. The van der Waals surface area contributed by atoms with E-state index in [4.69, 9.17) is 4.74 Å². The molecule has 3 aromatic rings. The van der Waals surface area contributed by atoms with Gasteiger partial charge in [-0.1, -0.05) is 30.3 Å². The first-order chi connectivity index (χ1) is 15.0. The number of hydrogen-bond acceptors (Lipinski definition) is 4. The smallest absolute Gasteiger partial charge is 0.254 e. The highest BCUT2D eigenvalue weighted by Crippen LogP contribution is 2.44. The van der Waals surface area contributed by atoms with Gasteiger partial charge < -0.3 is 15.0 Å². The highest BCUT2D eigenvalue weighted by atomic mass is 79.9. The molecule has 0 bridgehead atoms. The first-order valence-corrected chi connectivity index (χ1v) is 11.7. The van der Waals surface area contributed by atoms with Crippen molar-refractivity contribution in [2.24, 2.45) is 0 Å². The molecule has 2 atom stereocenters. The second-order valence-corrected chi connectivity index (χ2v) is 9.32. The zero-order valence-corrected chi connectivity index (χ0v) is 19.7. The molecule has 0 saturated heterocycles. The molecule has 1 N–H and O–H groups in total. The Morgan fingerprint density at radius 1 is 1.19 bits per heavy atom. The Labute approximate surface area is 194 Å². The molecule has 0 spiro atoms. The molecular formula is C24H23BrN2O3S. The number of aryl methyl sites for hydroxylation is 1. The Hall–Kier alpha value is -2.48. The fourth-order valence-electron chi connectivity index (χ4n) is 4.02. The van der Waals surface area contributed by atoms with Gasteiger partial charge >= 0.3 is 0 Å². The van der Waals surface area contributed by atoms with Crippen LogP contribution < -0.4 is 5.32 Å². The third-order valence-corrected chi connectivity index (χ3v) is 7.07. The van der Waals surface area contributed by atoms with Crippen LogP contribution in [0.2, 0.25) is 0 Å². The van der Waals surface area contributed by atoms with Crippen molar-refractivity contribution in [1.29, 1.82) is 0 Å². The summed E-state index contributed by atoms with van der Waals surface area (Å²) in [6.07, 6.45) is 0. The number of anilines is 1. The third-order valence-electron chi connectivity index (χ3n) is 5.47. The molecule has 0 radical (unpaired) electrons. The normalized spacial score (nSPS) is 18.0. The van der Waals surface area contributed by atoms with Crippen molar-refractivity contribution in [2.45, 2.75) is 18.9 Å². The molecule has 160 valence electrons. The topological polar surface area (TPSA) is 58.6 Å². The van der Waals surface area contributed by atoms with Crippen molar-refractivity contribution in [3.63, 3.8) is 0 Å². The lowest BCUT2D eigenvalue weighted by molar-refractivity contribution is -0.119. The molecule has 2 unspecified atom stereocenters. The van der Waals surface area contributed by atoms with Gasteiger partial charge in [0.1, 0.15) is 0 Å². The van der Waals surface area contributed by atoms with E-state index in [9.17, 15) is 9.59 Å². The number of halogens is 1. The van der Waals surface area contributed by atoms with E-state index in [1.807, 2.05) is 60.8 Å². The molecule has 2 aromatic carbocycles. The van der Waals surface area contributed by atoms with E-state index in [-0.39, 0.29) is 11.8 Å². The van der Waals surface area contributed by atoms with Gasteiger partial charge in [0.05, 0.1) is 24.3 Å². The molecule has 2 heterocycles. The summed E-state index contributed by atoms with van der Waals surface area (Å²) >= 11 is 5.10. The SMILES string of the molecule is COCCN1C(=O)c2ccccc2C(C(=O)Nc2ccc(C)cc2Br)C1c1cccs1. The van der Waals surface area contributed by atoms with E-state index >= 15 is 0 Å². The average Bonchev–Trinajstić information content (AvgIpc) is 3.29. The molecule has 7 heteroatoms. The highest BCUT2D eigenvalue weighted by Gasteiger charge is 2.44. The van der Waals surface area contributed by atoms with Crippen molar-refractivity contribution in [2.75, 3.05) is 25.6 Å². The van der Waals surface area contributed by atoms with Crippen LogP contribution in [-0.2, 0) is 9.53 Å². The molecule has 1 aliphatic heterocycles. The minimum atomic E-state index is -0.544. The average molecular weight is 499 g/mol. The lowest BCUT2D eigenvalue weighted by atomic mass is 9.81. The lowest BCUT2D eigenvalue weighted by Gasteiger charge is -2.41. The quantitative estimate of drug-likeness (QED) is 0.495.